The van der Waals surface area contributed by atoms with Crippen LogP contribution in [0, 0.1) is 5.92 Å². The van der Waals surface area contributed by atoms with Gasteiger partial charge in [0.15, 0.2) is 0 Å². The smallest absolute Gasteiger partial charge is 0.310 e. The van der Waals surface area contributed by atoms with Crippen molar-refractivity contribution >= 4 is 11.9 Å². The molecular formula is C13H24N2O4. The maximum Gasteiger partial charge on any atom is 0.310 e. The largest absolute Gasteiger partial charge is 0.481 e. The van der Waals surface area contributed by atoms with Crippen molar-refractivity contribution in [1.82, 2.24) is 10.2 Å². The number of hydrogen-bond acceptors (Lipinski definition) is 4. The molecular weight excluding hydrogens is 248 g/mol. The number of nitrogens with zero attached hydrogens (tertiary/aromatic N) is 1. The first-order chi connectivity index (χ1) is 9.10. The maximum atomic E-state index is 11.8. The van der Waals surface area contributed by atoms with E-state index in [0.29, 0.717) is 19.7 Å². The molecule has 1 amide bonds. The van der Waals surface area contributed by atoms with Gasteiger partial charge in [0, 0.05) is 12.6 Å². The second kappa shape index (κ2) is 8.12. The number of ether oxygens (including phenoxy) is 1. The Kier molecular flexibility index (Phi) is 6.80. The molecule has 1 aliphatic heterocycles. The number of nitrogens with one attached hydrogen (secondary N) is 1. The molecule has 1 rings (SSSR count). The van der Waals surface area contributed by atoms with Gasteiger partial charge in [0.2, 0.25) is 5.91 Å². The average molecular weight is 272 g/mol. The van der Waals surface area contributed by atoms with Crippen LogP contribution in [0.15, 0.2) is 0 Å². The molecule has 2 atom stereocenters. The van der Waals surface area contributed by atoms with Crippen LogP contribution in [-0.4, -0.2) is 60.8 Å². The van der Waals surface area contributed by atoms with E-state index in [1.807, 2.05) is 11.8 Å². The summed E-state index contributed by atoms with van der Waals surface area (Å²) in [6.45, 7) is 6.16. The second-order valence-electron chi connectivity index (χ2n) is 4.82. The fraction of sp³-hybridized carbons (Fsp3) is 0.846. The predicted octanol–water partition coefficient (Wildman–Crippen LogP) is 0.324. The zero-order valence-corrected chi connectivity index (χ0v) is 11.7. The molecule has 2 unspecified atom stereocenters. The molecule has 2 N–H and O–H groups in total. The number of unbranched alkanes of at least 4 members (excludes halogenated alkanes) is 1. The topological polar surface area (TPSA) is 78.9 Å². The zero-order valence-electron chi connectivity index (χ0n) is 11.7. The lowest BCUT2D eigenvalue weighted by molar-refractivity contribution is -0.143. The zero-order chi connectivity index (χ0) is 14.3. The Morgan fingerprint density at radius 1 is 1.37 bits per heavy atom. The first-order valence-corrected chi connectivity index (χ1v) is 6.91. The summed E-state index contributed by atoms with van der Waals surface area (Å²) in [6.07, 6.45) is 2.00. The van der Waals surface area contributed by atoms with Crippen LogP contribution in [-0.2, 0) is 14.3 Å². The maximum absolute atomic E-state index is 11.8. The highest BCUT2D eigenvalue weighted by atomic mass is 16.5. The third-order valence-electron chi connectivity index (χ3n) is 3.44. The number of rotatable bonds is 8. The fourth-order valence-corrected chi connectivity index (χ4v) is 2.25. The lowest BCUT2D eigenvalue weighted by atomic mass is 10.0. The second-order valence-corrected chi connectivity index (χ2v) is 4.82. The summed E-state index contributed by atoms with van der Waals surface area (Å²) in [6, 6.07) is -0.209. The van der Waals surface area contributed by atoms with Crippen molar-refractivity contribution in [2.24, 2.45) is 5.92 Å². The van der Waals surface area contributed by atoms with Gasteiger partial charge < -0.3 is 15.2 Å². The molecule has 1 aliphatic rings. The molecule has 0 aliphatic carbocycles. The fourth-order valence-electron chi connectivity index (χ4n) is 2.25. The Morgan fingerprint density at radius 3 is 2.68 bits per heavy atom. The van der Waals surface area contributed by atoms with Crippen LogP contribution in [0.25, 0.3) is 0 Å². The third-order valence-corrected chi connectivity index (χ3v) is 3.44. The van der Waals surface area contributed by atoms with Gasteiger partial charge in [-0.05, 0) is 13.0 Å². The standard InChI is InChI=1S/C13H24N2O4/c1-3-5-6-14-12(16)7-15(4-2)11-9-19-8-10(11)13(17)18/h10-11H,3-9H2,1-2H3,(H,14,16)(H,17,18). The van der Waals surface area contributed by atoms with E-state index < -0.39 is 11.9 Å². The minimum atomic E-state index is -0.854. The molecule has 1 fully saturated rings. The molecule has 0 aromatic carbocycles. The molecule has 0 aromatic heterocycles. The summed E-state index contributed by atoms with van der Waals surface area (Å²) in [5.74, 6) is -1.44. The molecule has 0 aromatic rings. The van der Waals surface area contributed by atoms with Crippen molar-refractivity contribution < 1.29 is 19.4 Å². The lowest BCUT2D eigenvalue weighted by Gasteiger charge is -2.28. The molecule has 1 heterocycles. The third kappa shape index (κ3) is 4.80. The van der Waals surface area contributed by atoms with Crippen molar-refractivity contribution in [2.45, 2.75) is 32.7 Å². The van der Waals surface area contributed by atoms with Crippen LogP contribution in [0.5, 0.6) is 0 Å². The van der Waals surface area contributed by atoms with Gasteiger partial charge in [0.25, 0.3) is 0 Å². The molecule has 0 bridgehead atoms. The van der Waals surface area contributed by atoms with E-state index in [0.717, 1.165) is 12.8 Å². The highest BCUT2D eigenvalue weighted by Crippen LogP contribution is 2.19. The van der Waals surface area contributed by atoms with Crippen molar-refractivity contribution in [3.63, 3.8) is 0 Å². The summed E-state index contributed by atoms with van der Waals surface area (Å²) in [7, 11) is 0. The van der Waals surface area contributed by atoms with Gasteiger partial charge in [-0.2, -0.15) is 0 Å². The molecule has 110 valence electrons. The van der Waals surface area contributed by atoms with E-state index in [9.17, 15) is 9.59 Å². The first-order valence-electron chi connectivity index (χ1n) is 6.91. The van der Waals surface area contributed by atoms with Crippen molar-refractivity contribution in [2.75, 3.05) is 32.8 Å². The lowest BCUT2D eigenvalue weighted by Crippen LogP contribution is -2.47. The van der Waals surface area contributed by atoms with E-state index in [1.54, 1.807) is 0 Å². The number of carboxylic acid groups (broad SMARTS) is 1. The summed E-state index contributed by atoms with van der Waals surface area (Å²) in [5, 5.41) is 12.0. The molecule has 1 saturated heterocycles. The van der Waals surface area contributed by atoms with E-state index in [4.69, 9.17) is 9.84 Å². The van der Waals surface area contributed by atoms with Gasteiger partial charge >= 0.3 is 5.97 Å². The predicted molar refractivity (Wildman–Crippen MR) is 70.9 cm³/mol. The van der Waals surface area contributed by atoms with Crippen LogP contribution < -0.4 is 5.32 Å². The van der Waals surface area contributed by atoms with E-state index in [1.165, 1.54) is 0 Å². The van der Waals surface area contributed by atoms with Crippen molar-refractivity contribution in [1.29, 1.82) is 0 Å². The van der Waals surface area contributed by atoms with Gasteiger partial charge in [-0.1, -0.05) is 20.3 Å². The summed E-state index contributed by atoms with van der Waals surface area (Å²) < 4.78 is 5.24. The summed E-state index contributed by atoms with van der Waals surface area (Å²) >= 11 is 0. The number of aliphatic carboxylic acids is 1. The first kappa shape index (κ1) is 15.9. The molecule has 6 nitrogen and oxygen atoms in total. The highest BCUT2D eigenvalue weighted by molar-refractivity contribution is 5.78. The van der Waals surface area contributed by atoms with Gasteiger partial charge in [0.1, 0.15) is 0 Å². The van der Waals surface area contributed by atoms with Crippen LogP contribution in [0.4, 0.5) is 0 Å². The molecule has 19 heavy (non-hydrogen) atoms. The van der Waals surface area contributed by atoms with Gasteiger partial charge in [-0.3, -0.25) is 14.5 Å². The number of hydrogen-bond donors (Lipinski definition) is 2. The quantitative estimate of drug-likeness (QED) is 0.622. The summed E-state index contributed by atoms with van der Waals surface area (Å²) in [4.78, 5) is 24.8. The van der Waals surface area contributed by atoms with Crippen LogP contribution in [0.1, 0.15) is 26.7 Å². The minimum absolute atomic E-state index is 0.0497. The van der Waals surface area contributed by atoms with Crippen LogP contribution in [0.2, 0.25) is 0 Å². The Labute approximate surface area is 114 Å². The molecule has 0 spiro atoms. The van der Waals surface area contributed by atoms with E-state index >= 15 is 0 Å². The summed E-state index contributed by atoms with van der Waals surface area (Å²) in [5.41, 5.74) is 0. The van der Waals surface area contributed by atoms with Crippen LogP contribution in [0.3, 0.4) is 0 Å². The van der Waals surface area contributed by atoms with E-state index in [2.05, 4.69) is 12.2 Å². The Hall–Kier alpha value is -1.14. The highest BCUT2D eigenvalue weighted by Gasteiger charge is 2.37. The van der Waals surface area contributed by atoms with E-state index in [-0.39, 0.29) is 25.1 Å². The average Bonchev–Trinajstić information content (AvgIpc) is 2.85. The van der Waals surface area contributed by atoms with Gasteiger partial charge in [-0.25, -0.2) is 0 Å². The SMILES string of the molecule is CCCCNC(=O)CN(CC)C1COCC1C(=O)O. The van der Waals surface area contributed by atoms with Crippen molar-refractivity contribution in [3.05, 3.63) is 0 Å². The van der Waals surface area contributed by atoms with Gasteiger partial charge in [0.05, 0.1) is 25.7 Å². The minimum Gasteiger partial charge on any atom is -0.481 e. The Morgan fingerprint density at radius 2 is 2.11 bits per heavy atom. The Bertz CT molecular complexity index is 309. The van der Waals surface area contributed by atoms with Crippen LogP contribution >= 0.6 is 0 Å². The van der Waals surface area contributed by atoms with Gasteiger partial charge in [-0.15, -0.1) is 0 Å². The number of likely N-dealkylation sites (N-methyl/N-ethyl adjacent to an activating group) is 1. The molecule has 0 radical (unpaired) electrons. The molecule has 0 saturated carbocycles. The number of carbonyl (C=O) groups is 2. The monoisotopic (exact) mass is 272 g/mol. The number of amides is 1. The number of carbonyl (C=O) groups excluding carboxylic acids is 1. The normalized spacial score (nSPS) is 22.7. The van der Waals surface area contributed by atoms with Crippen molar-refractivity contribution in [3.8, 4) is 0 Å². The number of carboxylic acids is 1. The Balaban J connectivity index is 2.48. The molecule has 6 heteroatoms.